The van der Waals surface area contributed by atoms with Gasteiger partial charge in [-0.1, -0.05) is 19.9 Å². The Kier molecular flexibility index (Phi) is 13.7. The first-order chi connectivity index (χ1) is 27.2. The van der Waals surface area contributed by atoms with E-state index in [1.807, 2.05) is 13.8 Å². The standard InChI is InChI=1S/C37H41FN6O9S.C2H6/c38-25-16-22(17-27-33(25)35(48)41-29(40-27)20-54-23-8-13-51-14-9-23)53-18-21-6-11-43(12-7-21)31(46)19-52-15-10-39-26-3-1-2-24-32(26)37(50)44(36(24)49)28-4-5-30(45)42-34(28)47;1-2/h1-3,16-17,21,23,28,39H,4-15,18-20H2,(H,40,41,48)(H,42,45,47);1-2H3. The minimum atomic E-state index is -1.06. The van der Waals surface area contributed by atoms with Gasteiger partial charge in [0, 0.05) is 62.3 Å². The number of nitrogens with one attached hydrogen (secondary N) is 3. The SMILES string of the molecule is CC.O=C1CCC(N2C(=O)c3cccc(NCCOCC(=O)N4CCC(COc5cc(F)c6c(=O)[nH]c(CSC7CCOCC7)nc6c5)CC4)c3C2=O)C(=O)N1. The molecule has 300 valence electrons. The summed E-state index contributed by atoms with van der Waals surface area (Å²) < 4.78 is 32.0. The fourth-order valence-corrected chi connectivity index (χ4v) is 8.23. The number of likely N-dealkylation sites (tertiary alicyclic amines) is 1. The average Bonchev–Trinajstić information content (AvgIpc) is 3.46. The molecule has 1 atom stereocenters. The Hall–Kier alpha value is -4.87. The van der Waals surface area contributed by atoms with Crippen LogP contribution < -0.4 is 20.9 Å². The number of hydrogen-bond acceptors (Lipinski definition) is 12. The number of benzene rings is 2. The molecule has 5 heterocycles. The number of rotatable bonds is 13. The third kappa shape index (κ3) is 9.38. The molecule has 15 nitrogen and oxygen atoms in total. The highest BCUT2D eigenvalue weighted by Crippen LogP contribution is 2.32. The second-order valence-corrected chi connectivity index (χ2v) is 15.0. The van der Waals surface area contributed by atoms with Crippen LogP contribution in [0.2, 0.25) is 0 Å². The molecule has 3 saturated heterocycles. The van der Waals surface area contributed by atoms with Crippen molar-refractivity contribution >= 4 is 57.9 Å². The highest BCUT2D eigenvalue weighted by atomic mass is 32.2. The first-order valence-electron chi connectivity index (χ1n) is 19.1. The number of H-pyrrole nitrogens is 1. The van der Waals surface area contributed by atoms with Crippen molar-refractivity contribution in [2.75, 3.05) is 58.0 Å². The fourth-order valence-electron chi connectivity index (χ4n) is 7.17. The summed E-state index contributed by atoms with van der Waals surface area (Å²) in [6.45, 7) is 7.07. The minimum absolute atomic E-state index is 0.0346. The number of piperidine rings is 2. The number of nitrogens with zero attached hydrogens (tertiary/aromatic N) is 3. The number of thioether (sulfide) groups is 1. The maximum atomic E-state index is 15.0. The molecule has 17 heteroatoms. The lowest BCUT2D eigenvalue weighted by Gasteiger charge is -2.31. The molecule has 4 aliphatic rings. The van der Waals surface area contributed by atoms with Crippen LogP contribution in [-0.4, -0.2) is 113 Å². The van der Waals surface area contributed by atoms with E-state index in [0.717, 1.165) is 31.0 Å². The van der Waals surface area contributed by atoms with E-state index >= 15 is 0 Å². The summed E-state index contributed by atoms with van der Waals surface area (Å²) in [4.78, 5) is 85.7. The van der Waals surface area contributed by atoms with Crippen LogP contribution in [0.4, 0.5) is 10.1 Å². The van der Waals surface area contributed by atoms with E-state index in [4.69, 9.17) is 14.2 Å². The van der Waals surface area contributed by atoms with Crippen molar-refractivity contribution in [2.45, 2.75) is 69.4 Å². The molecule has 3 aromatic rings. The maximum Gasteiger partial charge on any atom is 0.264 e. The van der Waals surface area contributed by atoms with E-state index in [1.165, 1.54) is 12.1 Å². The highest BCUT2D eigenvalue weighted by Gasteiger charge is 2.45. The van der Waals surface area contributed by atoms with Gasteiger partial charge < -0.3 is 29.4 Å². The Balaban J connectivity index is 0.00000262. The molecule has 5 amide bonds. The zero-order valence-electron chi connectivity index (χ0n) is 31.5. The van der Waals surface area contributed by atoms with Crippen LogP contribution in [0, 0.1) is 11.7 Å². The number of anilines is 1. The zero-order valence-corrected chi connectivity index (χ0v) is 32.3. The molecule has 4 aliphatic heterocycles. The van der Waals surface area contributed by atoms with Crippen molar-refractivity contribution < 1.29 is 42.6 Å². The van der Waals surface area contributed by atoms with Crippen molar-refractivity contribution in [3.05, 3.63) is 63.5 Å². The second kappa shape index (κ2) is 18.8. The predicted octanol–water partition coefficient (Wildman–Crippen LogP) is 3.65. The molecule has 0 spiro atoms. The molecule has 7 rings (SSSR count). The lowest BCUT2D eigenvalue weighted by Crippen LogP contribution is -2.54. The zero-order chi connectivity index (χ0) is 39.8. The molecule has 0 aliphatic carbocycles. The van der Waals surface area contributed by atoms with Crippen molar-refractivity contribution in [2.24, 2.45) is 5.92 Å². The first kappa shape index (κ1) is 40.8. The van der Waals surface area contributed by atoms with Gasteiger partial charge in [0.2, 0.25) is 17.7 Å². The van der Waals surface area contributed by atoms with Gasteiger partial charge in [-0.3, -0.25) is 39.0 Å². The fraction of sp³-hybridized carbons (Fsp3) is 0.513. The van der Waals surface area contributed by atoms with E-state index in [1.54, 1.807) is 34.9 Å². The van der Waals surface area contributed by atoms with Crippen molar-refractivity contribution in [1.82, 2.24) is 25.1 Å². The Morgan fingerprint density at radius 3 is 2.55 bits per heavy atom. The Morgan fingerprint density at radius 2 is 1.80 bits per heavy atom. The average molecular weight is 795 g/mol. The third-order valence-electron chi connectivity index (χ3n) is 10.1. The van der Waals surface area contributed by atoms with Gasteiger partial charge in [-0.15, -0.1) is 0 Å². The first-order valence-corrected chi connectivity index (χ1v) is 20.2. The van der Waals surface area contributed by atoms with Gasteiger partial charge in [0.05, 0.1) is 35.6 Å². The summed E-state index contributed by atoms with van der Waals surface area (Å²) in [5.74, 6) is -1.72. The van der Waals surface area contributed by atoms with Crippen LogP contribution >= 0.6 is 11.8 Å². The molecule has 0 radical (unpaired) electrons. The summed E-state index contributed by atoms with van der Waals surface area (Å²) in [5, 5.41) is 5.61. The van der Waals surface area contributed by atoms with Gasteiger partial charge in [-0.25, -0.2) is 9.37 Å². The number of ether oxygens (including phenoxy) is 3. The number of amides is 5. The van der Waals surface area contributed by atoms with Gasteiger partial charge in [-0.2, -0.15) is 11.8 Å². The van der Waals surface area contributed by atoms with E-state index in [-0.39, 0.29) is 66.5 Å². The van der Waals surface area contributed by atoms with E-state index in [2.05, 4.69) is 20.6 Å². The van der Waals surface area contributed by atoms with Gasteiger partial charge in [-0.05, 0) is 50.2 Å². The van der Waals surface area contributed by atoms with E-state index in [0.29, 0.717) is 60.8 Å². The van der Waals surface area contributed by atoms with Gasteiger partial charge >= 0.3 is 0 Å². The molecule has 56 heavy (non-hydrogen) atoms. The maximum absolute atomic E-state index is 15.0. The molecule has 1 unspecified atom stereocenters. The molecular formula is C39H47FN6O9S. The third-order valence-corrected chi connectivity index (χ3v) is 11.5. The van der Waals surface area contributed by atoms with Gasteiger partial charge in [0.1, 0.15) is 35.4 Å². The minimum Gasteiger partial charge on any atom is -0.493 e. The smallest absolute Gasteiger partial charge is 0.264 e. The van der Waals surface area contributed by atoms with E-state index < -0.39 is 41.0 Å². The van der Waals surface area contributed by atoms with Crippen molar-refractivity contribution in [3.8, 4) is 5.75 Å². The summed E-state index contributed by atoms with van der Waals surface area (Å²) in [5.41, 5.74) is 0.457. The number of carbonyl (C=O) groups is 5. The monoisotopic (exact) mass is 794 g/mol. The molecule has 1 aromatic heterocycles. The number of carbonyl (C=O) groups excluding carboxylic acids is 5. The molecule has 3 fully saturated rings. The molecule has 0 saturated carbocycles. The number of imide groups is 2. The number of aromatic amines is 1. The predicted molar refractivity (Wildman–Crippen MR) is 206 cm³/mol. The van der Waals surface area contributed by atoms with Crippen LogP contribution in [0.15, 0.2) is 35.1 Å². The number of aromatic nitrogens is 2. The quantitative estimate of drug-likeness (QED) is 0.169. The second-order valence-electron chi connectivity index (χ2n) is 13.7. The molecule has 0 bridgehead atoms. The number of fused-ring (bicyclic) bond motifs is 2. The number of halogens is 1. The van der Waals surface area contributed by atoms with Gasteiger partial charge in [0.15, 0.2) is 0 Å². The Bertz CT molecular complexity index is 2010. The summed E-state index contributed by atoms with van der Waals surface area (Å²) in [6.07, 6.45) is 3.37. The molecular weight excluding hydrogens is 748 g/mol. The van der Waals surface area contributed by atoms with Crippen LogP contribution in [0.25, 0.3) is 10.9 Å². The largest absolute Gasteiger partial charge is 0.493 e. The summed E-state index contributed by atoms with van der Waals surface area (Å²) in [7, 11) is 0. The molecule has 2 aromatic carbocycles. The lowest BCUT2D eigenvalue weighted by molar-refractivity contribution is -0.138. The van der Waals surface area contributed by atoms with Crippen molar-refractivity contribution in [3.63, 3.8) is 0 Å². The van der Waals surface area contributed by atoms with E-state index in [9.17, 15) is 33.2 Å². The molecule has 3 N–H and O–H groups in total. The Labute approximate surface area is 327 Å². The lowest BCUT2D eigenvalue weighted by atomic mass is 9.98. The van der Waals surface area contributed by atoms with Crippen molar-refractivity contribution in [1.29, 1.82) is 0 Å². The summed E-state index contributed by atoms with van der Waals surface area (Å²) in [6, 6.07) is 6.55. The number of hydrogen-bond donors (Lipinski definition) is 3. The van der Waals surface area contributed by atoms with Crippen LogP contribution in [0.5, 0.6) is 5.75 Å². The Morgan fingerprint density at radius 1 is 1.04 bits per heavy atom. The van der Waals surface area contributed by atoms with Gasteiger partial charge in [0.25, 0.3) is 17.4 Å². The van der Waals surface area contributed by atoms with Crippen LogP contribution in [0.1, 0.15) is 78.9 Å². The highest BCUT2D eigenvalue weighted by molar-refractivity contribution is 7.99. The van der Waals surface area contributed by atoms with Crippen LogP contribution in [0.3, 0.4) is 0 Å². The normalized spacial score (nSPS) is 19.1. The topological polar surface area (TPSA) is 189 Å². The van der Waals surface area contributed by atoms with Crippen LogP contribution in [-0.2, 0) is 29.6 Å². The summed E-state index contributed by atoms with van der Waals surface area (Å²) >= 11 is 1.71.